The van der Waals surface area contributed by atoms with Crippen LogP contribution in [0.3, 0.4) is 0 Å². The molecule has 1 saturated heterocycles. The van der Waals surface area contributed by atoms with Gasteiger partial charge in [-0.15, -0.1) is 0 Å². The van der Waals surface area contributed by atoms with E-state index in [0.717, 1.165) is 15.8 Å². The molecule has 9 nitrogen and oxygen atoms in total. The minimum Gasteiger partial charge on any atom is -0.465 e. The number of hydrogen-bond donors (Lipinski definition) is 0. The third-order valence-corrected chi connectivity index (χ3v) is 7.65. The minimum absolute atomic E-state index is 0.0114. The van der Waals surface area contributed by atoms with Crippen LogP contribution >= 0.6 is 0 Å². The lowest BCUT2D eigenvalue weighted by Crippen LogP contribution is -2.53. The molecule has 3 aromatic rings. The number of piperazine rings is 1. The zero-order chi connectivity index (χ0) is 23.8. The van der Waals surface area contributed by atoms with Crippen molar-refractivity contribution in [3.05, 3.63) is 58.6 Å². The van der Waals surface area contributed by atoms with Crippen molar-refractivity contribution >= 4 is 32.8 Å². The normalized spacial score (nSPS) is 17.4. The molecular weight excluding hydrogens is 446 g/mol. The molecule has 0 unspecified atom stereocenters. The number of ether oxygens (including phenoxy) is 1. The third-order valence-electron chi connectivity index (χ3n) is 5.79. The Hall–Kier alpha value is -3.11. The second-order valence-corrected chi connectivity index (χ2v) is 10.1. The van der Waals surface area contributed by atoms with Crippen LogP contribution in [0.2, 0.25) is 0 Å². The fraction of sp³-hybridized carbons (Fsp3) is 0.391. The largest absolute Gasteiger partial charge is 0.465 e. The standard InChI is InChI=1S/C23H27N3O6S/c1-4-31-22(27)15-26-20-9-8-19(13-21(20)32-23(26)28)33(29,30)24-10-11-25(17(3)14-24)18-7-5-6-16(2)12-18/h5-9,12-13,17H,4,10-11,14-15H2,1-3H3/t17-/m1/s1. The van der Waals surface area contributed by atoms with Crippen molar-refractivity contribution in [1.82, 2.24) is 8.87 Å². The van der Waals surface area contributed by atoms with Crippen molar-refractivity contribution < 1.29 is 22.4 Å². The molecule has 0 radical (unpaired) electrons. The van der Waals surface area contributed by atoms with E-state index >= 15 is 0 Å². The summed E-state index contributed by atoms with van der Waals surface area (Å²) in [6.07, 6.45) is 0. The molecular formula is C23H27N3O6S. The van der Waals surface area contributed by atoms with Gasteiger partial charge < -0.3 is 14.1 Å². The third kappa shape index (κ3) is 4.53. The Balaban J connectivity index is 1.57. The molecule has 0 spiro atoms. The Labute approximate surface area is 192 Å². The Bertz CT molecular complexity index is 1340. The van der Waals surface area contributed by atoms with E-state index in [1.807, 2.05) is 32.0 Å². The molecule has 1 aromatic heterocycles. The van der Waals surface area contributed by atoms with Gasteiger partial charge >= 0.3 is 11.7 Å². The second kappa shape index (κ2) is 9.03. The van der Waals surface area contributed by atoms with Gasteiger partial charge in [-0.1, -0.05) is 12.1 Å². The first-order chi connectivity index (χ1) is 15.7. The van der Waals surface area contributed by atoms with Crippen molar-refractivity contribution in [1.29, 1.82) is 0 Å². The summed E-state index contributed by atoms with van der Waals surface area (Å²) in [5.74, 6) is -1.31. The van der Waals surface area contributed by atoms with E-state index in [1.165, 1.54) is 22.5 Å². The molecule has 0 aliphatic carbocycles. The van der Waals surface area contributed by atoms with E-state index in [0.29, 0.717) is 25.2 Å². The van der Waals surface area contributed by atoms with Gasteiger partial charge in [0.25, 0.3) is 0 Å². The number of hydrogen-bond acceptors (Lipinski definition) is 7. The number of anilines is 1. The molecule has 2 aromatic carbocycles. The topological polar surface area (TPSA) is 102 Å². The maximum Gasteiger partial charge on any atom is 0.420 e. The van der Waals surface area contributed by atoms with Gasteiger partial charge in [-0.2, -0.15) is 4.31 Å². The lowest BCUT2D eigenvalue weighted by molar-refractivity contribution is -0.143. The van der Waals surface area contributed by atoms with Crippen LogP contribution in [-0.2, 0) is 26.1 Å². The van der Waals surface area contributed by atoms with Gasteiger partial charge in [-0.25, -0.2) is 13.2 Å². The number of esters is 1. The Morgan fingerprint density at radius 1 is 1.18 bits per heavy atom. The lowest BCUT2D eigenvalue weighted by atomic mass is 10.1. The number of carbonyl (C=O) groups is 1. The van der Waals surface area contributed by atoms with Crippen LogP contribution in [0.25, 0.3) is 11.1 Å². The number of fused-ring (bicyclic) bond motifs is 1. The van der Waals surface area contributed by atoms with Crippen LogP contribution in [0.5, 0.6) is 0 Å². The van der Waals surface area contributed by atoms with Gasteiger partial charge in [-0.3, -0.25) is 9.36 Å². The molecule has 2 heterocycles. The number of aromatic nitrogens is 1. The van der Waals surface area contributed by atoms with Crippen molar-refractivity contribution in [3.8, 4) is 0 Å². The van der Waals surface area contributed by atoms with Crippen LogP contribution in [-0.4, -0.2) is 55.5 Å². The molecule has 1 fully saturated rings. The molecule has 0 N–H and O–H groups in total. The fourth-order valence-corrected chi connectivity index (χ4v) is 5.70. The van der Waals surface area contributed by atoms with Crippen molar-refractivity contribution in [2.45, 2.75) is 38.3 Å². The van der Waals surface area contributed by atoms with Crippen molar-refractivity contribution in [2.24, 2.45) is 0 Å². The number of rotatable bonds is 6. The molecule has 0 bridgehead atoms. The minimum atomic E-state index is -3.79. The van der Waals surface area contributed by atoms with Gasteiger partial charge in [0.15, 0.2) is 5.58 Å². The van der Waals surface area contributed by atoms with E-state index in [4.69, 9.17) is 9.15 Å². The summed E-state index contributed by atoms with van der Waals surface area (Å²) in [4.78, 5) is 26.2. The first kappa shape index (κ1) is 23.1. The number of carbonyl (C=O) groups excluding carboxylic acids is 1. The average molecular weight is 474 g/mol. The number of aryl methyl sites for hydroxylation is 1. The molecule has 0 saturated carbocycles. The van der Waals surface area contributed by atoms with Gasteiger partial charge in [0.2, 0.25) is 10.0 Å². The van der Waals surface area contributed by atoms with Gasteiger partial charge in [-0.05, 0) is 50.6 Å². The van der Waals surface area contributed by atoms with Crippen LogP contribution in [0.1, 0.15) is 19.4 Å². The predicted octanol–water partition coefficient (Wildman–Crippen LogP) is 2.37. The lowest BCUT2D eigenvalue weighted by Gasteiger charge is -2.40. The highest BCUT2D eigenvalue weighted by Gasteiger charge is 2.33. The summed E-state index contributed by atoms with van der Waals surface area (Å²) in [6, 6.07) is 12.4. The van der Waals surface area contributed by atoms with Crippen LogP contribution < -0.4 is 10.7 Å². The molecule has 176 valence electrons. The quantitative estimate of drug-likeness (QED) is 0.507. The zero-order valence-electron chi connectivity index (χ0n) is 18.9. The van der Waals surface area contributed by atoms with Crippen LogP contribution in [0.15, 0.2) is 56.6 Å². The molecule has 4 rings (SSSR count). The van der Waals surface area contributed by atoms with Gasteiger partial charge in [0.05, 0.1) is 17.0 Å². The number of nitrogens with zero attached hydrogens (tertiary/aromatic N) is 3. The summed E-state index contributed by atoms with van der Waals surface area (Å²) in [7, 11) is -3.79. The van der Waals surface area contributed by atoms with Gasteiger partial charge in [0, 0.05) is 37.4 Å². The zero-order valence-corrected chi connectivity index (χ0v) is 19.7. The fourth-order valence-electron chi connectivity index (χ4n) is 4.17. The highest BCUT2D eigenvalue weighted by Crippen LogP contribution is 2.26. The van der Waals surface area contributed by atoms with Crippen molar-refractivity contribution in [2.75, 3.05) is 31.1 Å². The van der Waals surface area contributed by atoms with Crippen LogP contribution in [0.4, 0.5) is 5.69 Å². The van der Waals surface area contributed by atoms with E-state index in [1.54, 1.807) is 6.92 Å². The molecule has 1 aliphatic heterocycles. The van der Waals surface area contributed by atoms with E-state index in [2.05, 4.69) is 11.0 Å². The monoisotopic (exact) mass is 473 g/mol. The predicted molar refractivity (Wildman–Crippen MR) is 124 cm³/mol. The first-order valence-electron chi connectivity index (χ1n) is 10.8. The summed E-state index contributed by atoms with van der Waals surface area (Å²) in [5.41, 5.74) is 2.67. The molecule has 1 aliphatic rings. The van der Waals surface area contributed by atoms with E-state index < -0.39 is 21.7 Å². The summed E-state index contributed by atoms with van der Waals surface area (Å²) in [5, 5.41) is 0. The highest BCUT2D eigenvalue weighted by molar-refractivity contribution is 7.89. The second-order valence-electron chi connectivity index (χ2n) is 8.13. The number of sulfonamides is 1. The molecule has 0 amide bonds. The average Bonchev–Trinajstić information content (AvgIpc) is 3.08. The highest BCUT2D eigenvalue weighted by atomic mass is 32.2. The molecule has 10 heteroatoms. The summed E-state index contributed by atoms with van der Waals surface area (Å²) < 4.78 is 39.4. The number of benzene rings is 2. The summed E-state index contributed by atoms with van der Waals surface area (Å²) >= 11 is 0. The SMILES string of the molecule is CCOC(=O)Cn1c(=O)oc2cc(S(=O)(=O)N3CCN(c4cccc(C)c4)[C@H](C)C3)ccc21. The maximum atomic E-state index is 13.3. The Kier molecular flexibility index (Phi) is 6.31. The van der Waals surface area contributed by atoms with Gasteiger partial charge in [0.1, 0.15) is 6.54 Å². The Morgan fingerprint density at radius 2 is 1.97 bits per heavy atom. The van der Waals surface area contributed by atoms with E-state index in [-0.39, 0.29) is 29.7 Å². The smallest absolute Gasteiger partial charge is 0.420 e. The summed E-state index contributed by atoms with van der Waals surface area (Å²) in [6.45, 7) is 6.84. The Morgan fingerprint density at radius 3 is 2.67 bits per heavy atom. The molecule has 1 atom stereocenters. The van der Waals surface area contributed by atoms with Crippen LogP contribution in [0, 0.1) is 6.92 Å². The first-order valence-corrected chi connectivity index (χ1v) is 12.3. The van der Waals surface area contributed by atoms with Crippen molar-refractivity contribution in [3.63, 3.8) is 0 Å². The van der Waals surface area contributed by atoms with E-state index in [9.17, 15) is 18.0 Å². The molecule has 33 heavy (non-hydrogen) atoms. The maximum absolute atomic E-state index is 13.3. The number of oxazole rings is 1.